The van der Waals surface area contributed by atoms with Crippen molar-refractivity contribution in [2.45, 2.75) is 0 Å². The minimum atomic E-state index is 0.607. The molecule has 256 valence electrons. The molecule has 55 heavy (non-hydrogen) atoms. The standard InChI is InChI=1S/C50H30N4O/c1-3-13-31(14-4-1)32-23-25-33(26-24-32)46-39-18-7-10-20-41(39)51-50(52-46)54-47-37(29-30-44-45(47)40-19-9-12-22-43(40)55-44)38-28-27-36-35-17-8-11-21-42(35)53(48(36)49(38)54)34-15-5-2-6-16-34/h1-30H. The fourth-order valence-electron chi connectivity index (χ4n) is 8.72. The molecule has 0 amide bonds. The van der Waals surface area contributed by atoms with Crippen LogP contribution in [-0.4, -0.2) is 19.1 Å². The van der Waals surface area contributed by atoms with Crippen molar-refractivity contribution in [1.82, 2.24) is 19.1 Å². The van der Waals surface area contributed by atoms with Gasteiger partial charge in [0.15, 0.2) is 0 Å². The van der Waals surface area contributed by atoms with E-state index in [1.807, 2.05) is 18.2 Å². The Kier molecular flexibility index (Phi) is 6.27. The largest absolute Gasteiger partial charge is 0.456 e. The van der Waals surface area contributed by atoms with E-state index >= 15 is 0 Å². The minimum absolute atomic E-state index is 0.607. The van der Waals surface area contributed by atoms with E-state index in [9.17, 15) is 0 Å². The van der Waals surface area contributed by atoms with E-state index in [-0.39, 0.29) is 0 Å². The molecule has 4 aromatic heterocycles. The zero-order chi connectivity index (χ0) is 36.0. The van der Waals surface area contributed by atoms with Crippen molar-refractivity contribution in [3.63, 3.8) is 0 Å². The van der Waals surface area contributed by atoms with Gasteiger partial charge in [-0.15, -0.1) is 0 Å². The van der Waals surface area contributed by atoms with Gasteiger partial charge in [-0.25, -0.2) is 9.97 Å². The molecule has 12 rings (SSSR count). The van der Waals surface area contributed by atoms with Crippen LogP contribution < -0.4 is 0 Å². The van der Waals surface area contributed by atoms with Crippen molar-refractivity contribution < 1.29 is 4.42 Å². The summed E-state index contributed by atoms with van der Waals surface area (Å²) in [6.07, 6.45) is 0. The number of furan rings is 1. The average Bonchev–Trinajstić information content (AvgIpc) is 3.92. The monoisotopic (exact) mass is 702 g/mol. The van der Waals surface area contributed by atoms with Gasteiger partial charge >= 0.3 is 0 Å². The van der Waals surface area contributed by atoms with Crippen molar-refractivity contribution in [1.29, 1.82) is 0 Å². The summed E-state index contributed by atoms with van der Waals surface area (Å²) in [5.74, 6) is 0.607. The number of para-hydroxylation sites is 4. The van der Waals surface area contributed by atoms with Crippen molar-refractivity contribution in [3.05, 3.63) is 182 Å². The molecule has 0 spiro atoms. The molecule has 0 saturated carbocycles. The van der Waals surface area contributed by atoms with E-state index in [0.717, 1.165) is 88.2 Å². The van der Waals surface area contributed by atoms with Crippen LogP contribution in [0.25, 0.3) is 110 Å². The predicted molar refractivity (Wildman–Crippen MR) is 226 cm³/mol. The molecule has 0 unspecified atom stereocenters. The first-order chi connectivity index (χ1) is 27.3. The number of nitrogens with zero attached hydrogens (tertiary/aromatic N) is 4. The van der Waals surface area contributed by atoms with E-state index in [4.69, 9.17) is 14.4 Å². The maximum Gasteiger partial charge on any atom is 0.235 e. The molecule has 0 N–H and O–H groups in total. The fourth-order valence-corrected chi connectivity index (χ4v) is 8.72. The van der Waals surface area contributed by atoms with E-state index < -0.39 is 0 Å². The molecule has 5 nitrogen and oxygen atoms in total. The van der Waals surface area contributed by atoms with Crippen LogP contribution in [0, 0.1) is 0 Å². The minimum Gasteiger partial charge on any atom is -0.456 e. The normalized spacial score (nSPS) is 12.0. The first kappa shape index (κ1) is 30.0. The first-order valence-electron chi connectivity index (χ1n) is 18.6. The van der Waals surface area contributed by atoms with Crippen LogP contribution >= 0.6 is 0 Å². The van der Waals surface area contributed by atoms with Crippen LogP contribution in [0.5, 0.6) is 0 Å². The summed E-state index contributed by atoms with van der Waals surface area (Å²) < 4.78 is 11.2. The van der Waals surface area contributed by atoms with Crippen LogP contribution in [0.1, 0.15) is 0 Å². The van der Waals surface area contributed by atoms with Gasteiger partial charge in [-0.05, 0) is 53.6 Å². The zero-order valence-corrected chi connectivity index (χ0v) is 29.5. The summed E-state index contributed by atoms with van der Waals surface area (Å²) in [5.41, 5.74) is 12.2. The summed E-state index contributed by atoms with van der Waals surface area (Å²) in [6, 6.07) is 64.1. The third kappa shape index (κ3) is 4.35. The van der Waals surface area contributed by atoms with Gasteiger partial charge in [0.05, 0.1) is 38.7 Å². The summed E-state index contributed by atoms with van der Waals surface area (Å²) in [4.78, 5) is 11.0. The second kappa shape index (κ2) is 11.5. The molecule has 0 radical (unpaired) electrons. The van der Waals surface area contributed by atoms with Gasteiger partial charge in [0.25, 0.3) is 0 Å². The molecule has 0 aliphatic carbocycles. The lowest BCUT2D eigenvalue weighted by Crippen LogP contribution is -2.05. The van der Waals surface area contributed by atoms with Gasteiger partial charge in [-0.1, -0.05) is 140 Å². The Bertz CT molecular complexity index is 3470. The lowest BCUT2D eigenvalue weighted by Gasteiger charge is -2.14. The highest BCUT2D eigenvalue weighted by atomic mass is 16.3. The van der Waals surface area contributed by atoms with Gasteiger partial charge < -0.3 is 8.98 Å². The topological polar surface area (TPSA) is 48.8 Å². The summed E-state index contributed by atoms with van der Waals surface area (Å²) in [5, 5.41) is 7.71. The van der Waals surface area contributed by atoms with E-state index in [0.29, 0.717) is 5.95 Å². The highest BCUT2D eigenvalue weighted by Crippen LogP contribution is 2.45. The lowest BCUT2D eigenvalue weighted by atomic mass is 10.0. The van der Waals surface area contributed by atoms with Gasteiger partial charge in [0, 0.05) is 43.6 Å². The first-order valence-corrected chi connectivity index (χ1v) is 18.6. The Morgan fingerprint density at radius 1 is 0.364 bits per heavy atom. The highest BCUT2D eigenvalue weighted by molar-refractivity contribution is 6.29. The molecular weight excluding hydrogens is 673 g/mol. The molecule has 5 heteroatoms. The molecule has 0 aliphatic heterocycles. The summed E-state index contributed by atoms with van der Waals surface area (Å²) in [6.45, 7) is 0. The van der Waals surface area contributed by atoms with Crippen molar-refractivity contribution in [2.24, 2.45) is 0 Å². The molecule has 0 aliphatic rings. The molecule has 8 aromatic carbocycles. The number of hydrogen-bond acceptors (Lipinski definition) is 3. The third-order valence-electron chi connectivity index (χ3n) is 11.1. The second-order valence-corrected chi connectivity index (χ2v) is 14.1. The van der Waals surface area contributed by atoms with E-state index in [1.165, 1.54) is 16.3 Å². The van der Waals surface area contributed by atoms with Crippen molar-refractivity contribution >= 4 is 76.5 Å². The summed E-state index contributed by atoms with van der Waals surface area (Å²) >= 11 is 0. The number of aromatic nitrogens is 4. The molecule has 0 bridgehead atoms. The van der Waals surface area contributed by atoms with Gasteiger partial charge in [-0.2, -0.15) is 0 Å². The maximum atomic E-state index is 6.53. The Hall–Kier alpha value is -7.50. The number of fused-ring (bicyclic) bond motifs is 12. The number of hydrogen-bond donors (Lipinski definition) is 0. The van der Waals surface area contributed by atoms with Gasteiger partial charge in [0.1, 0.15) is 11.2 Å². The SMILES string of the molecule is c1ccc(-c2ccc(-c3nc(-n4c5c(ccc6oc7ccccc7c65)c5ccc6c7ccccc7n(-c7ccccc7)c6c54)nc4ccccc34)cc2)cc1. The van der Waals surface area contributed by atoms with Crippen LogP contribution in [0.15, 0.2) is 186 Å². The van der Waals surface area contributed by atoms with E-state index in [2.05, 4.69) is 173 Å². The average molecular weight is 703 g/mol. The Morgan fingerprint density at radius 2 is 0.945 bits per heavy atom. The third-order valence-corrected chi connectivity index (χ3v) is 11.1. The molecule has 0 fully saturated rings. The van der Waals surface area contributed by atoms with E-state index in [1.54, 1.807) is 0 Å². The van der Waals surface area contributed by atoms with Crippen molar-refractivity contribution in [3.8, 4) is 34.0 Å². The van der Waals surface area contributed by atoms with Gasteiger partial charge in [-0.3, -0.25) is 4.57 Å². The molecule has 4 heterocycles. The lowest BCUT2D eigenvalue weighted by molar-refractivity contribution is 0.669. The Morgan fingerprint density at radius 3 is 1.76 bits per heavy atom. The van der Waals surface area contributed by atoms with Crippen LogP contribution in [0.4, 0.5) is 0 Å². The van der Waals surface area contributed by atoms with Crippen molar-refractivity contribution in [2.75, 3.05) is 0 Å². The summed E-state index contributed by atoms with van der Waals surface area (Å²) in [7, 11) is 0. The molecule has 0 saturated heterocycles. The predicted octanol–water partition coefficient (Wildman–Crippen LogP) is 13.1. The zero-order valence-electron chi connectivity index (χ0n) is 29.5. The van der Waals surface area contributed by atoms with Crippen LogP contribution in [0.3, 0.4) is 0 Å². The fraction of sp³-hybridized carbons (Fsp3) is 0. The molecule has 0 atom stereocenters. The maximum absolute atomic E-state index is 6.53. The van der Waals surface area contributed by atoms with Gasteiger partial charge in [0.2, 0.25) is 5.95 Å². The van der Waals surface area contributed by atoms with Crippen LogP contribution in [-0.2, 0) is 0 Å². The van der Waals surface area contributed by atoms with Crippen LogP contribution in [0.2, 0.25) is 0 Å². The smallest absolute Gasteiger partial charge is 0.235 e. The molecule has 12 aromatic rings. The number of rotatable bonds is 4. The number of benzene rings is 8. The quantitative estimate of drug-likeness (QED) is 0.183. The molecular formula is C50H30N4O. The Labute approximate surface area is 315 Å². The second-order valence-electron chi connectivity index (χ2n) is 14.1. The Balaban J connectivity index is 1.26. The highest BCUT2D eigenvalue weighted by Gasteiger charge is 2.26.